The maximum atomic E-state index is 12.6. The summed E-state index contributed by atoms with van der Waals surface area (Å²) in [7, 11) is 0.892. The lowest BCUT2D eigenvalue weighted by Crippen LogP contribution is -2.03. The van der Waals surface area contributed by atoms with Crippen molar-refractivity contribution in [2.45, 2.75) is 24.7 Å². The Labute approximate surface area is 106 Å². The molecule has 100 valence electrons. The summed E-state index contributed by atoms with van der Waals surface area (Å²) in [6, 6.07) is 1.38. The summed E-state index contributed by atoms with van der Waals surface area (Å²) in [4.78, 5) is 9.07. The zero-order valence-electron chi connectivity index (χ0n) is 9.06. The van der Waals surface area contributed by atoms with Gasteiger partial charge in [-0.1, -0.05) is 6.92 Å². The fourth-order valence-corrected chi connectivity index (χ4v) is 2.67. The molecule has 1 rings (SSSR count). The van der Waals surface area contributed by atoms with Gasteiger partial charge in [0.25, 0.3) is 21.2 Å². The Morgan fingerprint density at radius 2 is 2.00 bits per heavy atom. The van der Waals surface area contributed by atoms with Crippen LogP contribution in [-0.4, -0.2) is 13.3 Å². The van der Waals surface area contributed by atoms with Crippen molar-refractivity contribution in [3.8, 4) is 0 Å². The number of aryl methyl sites for hydroxylation is 1. The number of nitro benzene ring substituents is 1. The molecule has 0 bridgehead atoms. The molecule has 1 aromatic carbocycles. The predicted molar refractivity (Wildman–Crippen MR) is 60.5 cm³/mol. The number of nitro groups is 1. The first-order valence-electron chi connectivity index (χ1n) is 4.72. The van der Waals surface area contributed by atoms with Crippen LogP contribution in [0, 0.1) is 10.1 Å². The average molecular weight is 300 g/mol. The SMILES string of the molecule is CCc1cc(C(F)F)c([N+](=O)[O-])cc1S(=O)(=O)Cl. The summed E-state index contributed by atoms with van der Waals surface area (Å²) < 4.78 is 47.7. The maximum absolute atomic E-state index is 12.6. The molecule has 0 radical (unpaired) electrons. The van der Waals surface area contributed by atoms with Gasteiger partial charge in [0.1, 0.15) is 0 Å². The van der Waals surface area contributed by atoms with Gasteiger partial charge < -0.3 is 0 Å². The first-order chi connectivity index (χ1) is 8.18. The quantitative estimate of drug-likeness (QED) is 0.486. The fourth-order valence-electron chi connectivity index (χ4n) is 1.47. The third kappa shape index (κ3) is 2.94. The molecule has 0 saturated carbocycles. The molecule has 1 aromatic rings. The highest BCUT2D eigenvalue weighted by Gasteiger charge is 2.27. The molecule has 0 aliphatic carbocycles. The number of alkyl halides is 2. The van der Waals surface area contributed by atoms with Crippen LogP contribution in [0.1, 0.15) is 24.5 Å². The fraction of sp³-hybridized carbons (Fsp3) is 0.333. The van der Waals surface area contributed by atoms with Crippen molar-refractivity contribution in [1.82, 2.24) is 0 Å². The van der Waals surface area contributed by atoms with E-state index >= 15 is 0 Å². The van der Waals surface area contributed by atoms with Gasteiger partial charge in [0.05, 0.1) is 15.4 Å². The van der Waals surface area contributed by atoms with E-state index in [1.54, 1.807) is 0 Å². The molecule has 0 heterocycles. The van der Waals surface area contributed by atoms with Crippen LogP contribution >= 0.6 is 10.7 Å². The molecule has 0 amide bonds. The Balaban J connectivity index is 3.68. The Morgan fingerprint density at radius 1 is 1.44 bits per heavy atom. The number of rotatable bonds is 4. The van der Waals surface area contributed by atoms with Gasteiger partial charge in [0.15, 0.2) is 0 Å². The van der Waals surface area contributed by atoms with E-state index in [4.69, 9.17) is 10.7 Å². The minimum absolute atomic E-state index is 0.0194. The van der Waals surface area contributed by atoms with Crippen LogP contribution in [0.3, 0.4) is 0 Å². The maximum Gasteiger partial charge on any atom is 0.279 e. The lowest BCUT2D eigenvalue weighted by Gasteiger charge is -2.08. The molecule has 0 aromatic heterocycles. The van der Waals surface area contributed by atoms with E-state index < -0.39 is 36.5 Å². The minimum Gasteiger partial charge on any atom is -0.258 e. The molecule has 0 aliphatic rings. The van der Waals surface area contributed by atoms with Crippen LogP contribution in [0.2, 0.25) is 0 Å². The third-order valence-corrected chi connectivity index (χ3v) is 3.69. The molecule has 0 N–H and O–H groups in total. The average Bonchev–Trinajstić information content (AvgIpc) is 2.25. The summed E-state index contributed by atoms with van der Waals surface area (Å²) in [5.74, 6) is 0. The third-order valence-electron chi connectivity index (χ3n) is 2.29. The molecular weight excluding hydrogens is 292 g/mol. The van der Waals surface area contributed by atoms with Crippen molar-refractivity contribution in [3.05, 3.63) is 33.4 Å². The van der Waals surface area contributed by atoms with E-state index in [-0.39, 0.29) is 12.0 Å². The molecule has 18 heavy (non-hydrogen) atoms. The molecule has 0 unspecified atom stereocenters. The van der Waals surface area contributed by atoms with Crippen molar-refractivity contribution < 1.29 is 22.1 Å². The summed E-state index contributed by atoms with van der Waals surface area (Å²) in [5.41, 5.74) is -1.76. The monoisotopic (exact) mass is 299 g/mol. The largest absolute Gasteiger partial charge is 0.279 e. The Hall–Kier alpha value is -1.28. The highest BCUT2D eigenvalue weighted by molar-refractivity contribution is 8.13. The van der Waals surface area contributed by atoms with Gasteiger partial charge in [0.2, 0.25) is 0 Å². The summed E-state index contributed by atoms with van der Waals surface area (Å²) in [6.45, 7) is 1.53. The zero-order valence-corrected chi connectivity index (χ0v) is 10.6. The van der Waals surface area contributed by atoms with Gasteiger partial charge in [-0.05, 0) is 18.1 Å². The van der Waals surface area contributed by atoms with E-state index in [2.05, 4.69) is 0 Å². The Bertz CT molecular complexity index is 588. The minimum atomic E-state index is -4.22. The Morgan fingerprint density at radius 3 is 2.33 bits per heavy atom. The molecule has 0 atom stereocenters. The van der Waals surface area contributed by atoms with Crippen molar-refractivity contribution in [1.29, 1.82) is 0 Å². The van der Waals surface area contributed by atoms with E-state index in [0.717, 1.165) is 6.07 Å². The van der Waals surface area contributed by atoms with Gasteiger partial charge in [-0.25, -0.2) is 17.2 Å². The van der Waals surface area contributed by atoms with Gasteiger partial charge >= 0.3 is 0 Å². The highest BCUT2D eigenvalue weighted by Crippen LogP contribution is 2.34. The lowest BCUT2D eigenvalue weighted by molar-refractivity contribution is -0.386. The van der Waals surface area contributed by atoms with Gasteiger partial charge in [-0.3, -0.25) is 10.1 Å². The number of hydrogen-bond acceptors (Lipinski definition) is 4. The van der Waals surface area contributed by atoms with Crippen LogP contribution in [0.15, 0.2) is 17.0 Å². The number of nitrogens with zero attached hydrogens (tertiary/aromatic N) is 1. The van der Waals surface area contributed by atoms with E-state index in [9.17, 15) is 27.3 Å². The molecule has 0 spiro atoms. The second kappa shape index (κ2) is 5.15. The normalized spacial score (nSPS) is 11.8. The number of hydrogen-bond donors (Lipinski definition) is 0. The van der Waals surface area contributed by atoms with Crippen molar-refractivity contribution in [3.63, 3.8) is 0 Å². The number of benzene rings is 1. The second-order valence-electron chi connectivity index (χ2n) is 3.37. The van der Waals surface area contributed by atoms with Crippen LogP contribution in [0.25, 0.3) is 0 Å². The summed E-state index contributed by atoms with van der Waals surface area (Å²) in [6.07, 6.45) is -2.96. The predicted octanol–water partition coefficient (Wildman–Crippen LogP) is 3.02. The molecule has 0 fully saturated rings. The second-order valence-corrected chi connectivity index (χ2v) is 5.90. The number of halogens is 3. The smallest absolute Gasteiger partial charge is 0.258 e. The van der Waals surface area contributed by atoms with Crippen LogP contribution in [0.5, 0.6) is 0 Å². The standard InChI is InChI=1S/C9H8ClF2NO4S/c1-2-5-3-6(9(11)12)7(13(14)15)4-8(5)18(10,16)17/h3-4,9H,2H2,1H3. The van der Waals surface area contributed by atoms with Gasteiger partial charge in [0, 0.05) is 16.7 Å². The molecule has 9 heteroatoms. The van der Waals surface area contributed by atoms with Crippen molar-refractivity contribution in [2.24, 2.45) is 0 Å². The summed E-state index contributed by atoms with van der Waals surface area (Å²) >= 11 is 0. The van der Waals surface area contributed by atoms with E-state index in [1.165, 1.54) is 6.92 Å². The molecule has 5 nitrogen and oxygen atoms in total. The zero-order chi connectivity index (χ0) is 14.1. The molecule has 0 saturated heterocycles. The van der Waals surface area contributed by atoms with Crippen molar-refractivity contribution >= 4 is 25.4 Å². The summed E-state index contributed by atoms with van der Waals surface area (Å²) in [5, 5.41) is 10.6. The Kier molecular flexibility index (Phi) is 4.23. The highest BCUT2D eigenvalue weighted by atomic mass is 35.7. The topological polar surface area (TPSA) is 77.3 Å². The van der Waals surface area contributed by atoms with E-state index in [0.29, 0.717) is 6.07 Å². The van der Waals surface area contributed by atoms with Crippen LogP contribution in [-0.2, 0) is 15.5 Å². The lowest BCUT2D eigenvalue weighted by atomic mass is 10.1. The molecule has 0 aliphatic heterocycles. The van der Waals surface area contributed by atoms with Gasteiger partial charge in [-0.2, -0.15) is 0 Å². The molecular formula is C9H8ClF2NO4S. The van der Waals surface area contributed by atoms with Crippen LogP contribution in [0.4, 0.5) is 14.5 Å². The first-order valence-corrected chi connectivity index (χ1v) is 7.03. The van der Waals surface area contributed by atoms with Gasteiger partial charge in [-0.15, -0.1) is 0 Å². The van der Waals surface area contributed by atoms with Crippen molar-refractivity contribution in [2.75, 3.05) is 0 Å². The van der Waals surface area contributed by atoms with Crippen LogP contribution < -0.4 is 0 Å². The van der Waals surface area contributed by atoms with E-state index in [1.807, 2.05) is 0 Å². The first kappa shape index (κ1) is 14.8.